The van der Waals surface area contributed by atoms with Crippen molar-refractivity contribution in [1.82, 2.24) is 14.5 Å². The Labute approximate surface area is 118 Å². The number of hydrogen-bond acceptors (Lipinski definition) is 2. The van der Waals surface area contributed by atoms with Gasteiger partial charge < -0.3 is 4.57 Å². The maximum absolute atomic E-state index is 6.08. The predicted octanol–water partition coefficient (Wildman–Crippen LogP) is 3.67. The van der Waals surface area contributed by atoms with E-state index in [1.165, 1.54) is 25.7 Å². The van der Waals surface area contributed by atoms with Crippen LogP contribution in [0.2, 0.25) is 0 Å². The smallest absolute Gasteiger partial charge is 0.160 e. The standard InChI is InChI=1S/C15H18ClN3/c1-10-6-12-14(17-8-10)19(13(7-16)18-12)9-15(4-5-15)11-2-3-11/h6,8,11H,2-5,7,9H2,1H3. The first-order chi connectivity index (χ1) is 9.22. The number of rotatable bonds is 4. The number of aromatic nitrogens is 3. The Hall–Kier alpha value is -1.09. The molecule has 2 aromatic rings. The Bertz CT molecular complexity index is 638. The third-order valence-electron chi connectivity index (χ3n) is 4.73. The zero-order valence-corrected chi connectivity index (χ0v) is 12.0. The molecule has 0 atom stereocenters. The zero-order valence-electron chi connectivity index (χ0n) is 11.2. The average molecular weight is 276 g/mol. The van der Waals surface area contributed by atoms with Crippen LogP contribution in [0.4, 0.5) is 0 Å². The van der Waals surface area contributed by atoms with Crippen molar-refractivity contribution in [2.45, 2.75) is 45.0 Å². The molecule has 2 aliphatic rings. The van der Waals surface area contributed by atoms with Crippen LogP contribution in [0.15, 0.2) is 12.3 Å². The number of nitrogens with zero attached hydrogens (tertiary/aromatic N) is 3. The number of imidazole rings is 1. The first-order valence-corrected chi connectivity index (χ1v) is 7.63. The van der Waals surface area contributed by atoms with Crippen molar-refractivity contribution >= 4 is 22.8 Å². The summed E-state index contributed by atoms with van der Waals surface area (Å²) in [5.74, 6) is 2.39. The van der Waals surface area contributed by atoms with Gasteiger partial charge in [0.05, 0.1) is 5.88 Å². The van der Waals surface area contributed by atoms with E-state index >= 15 is 0 Å². The van der Waals surface area contributed by atoms with E-state index in [4.69, 9.17) is 11.6 Å². The second-order valence-electron chi connectivity index (χ2n) is 6.24. The normalized spacial score (nSPS) is 20.9. The van der Waals surface area contributed by atoms with Gasteiger partial charge in [-0.3, -0.25) is 0 Å². The fourth-order valence-corrected chi connectivity index (χ4v) is 3.50. The zero-order chi connectivity index (χ0) is 13.0. The lowest BCUT2D eigenvalue weighted by Crippen LogP contribution is -2.16. The highest BCUT2D eigenvalue weighted by atomic mass is 35.5. The minimum Gasteiger partial charge on any atom is -0.311 e. The summed E-state index contributed by atoms with van der Waals surface area (Å²) in [6.45, 7) is 3.12. The maximum Gasteiger partial charge on any atom is 0.160 e. The number of fused-ring (bicyclic) bond motifs is 1. The van der Waals surface area contributed by atoms with Crippen LogP contribution >= 0.6 is 11.6 Å². The molecule has 0 aliphatic heterocycles. The molecule has 3 nitrogen and oxygen atoms in total. The second-order valence-corrected chi connectivity index (χ2v) is 6.51. The van der Waals surface area contributed by atoms with Gasteiger partial charge in [-0.2, -0.15) is 0 Å². The topological polar surface area (TPSA) is 30.7 Å². The van der Waals surface area contributed by atoms with E-state index in [0.29, 0.717) is 11.3 Å². The molecular weight excluding hydrogens is 258 g/mol. The molecule has 2 saturated carbocycles. The summed E-state index contributed by atoms with van der Waals surface area (Å²) in [6.07, 6.45) is 7.48. The molecule has 0 amide bonds. The van der Waals surface area contributed by atoms with Crippen LogP contribution in [0.1, 0.15) is 37.1 Å². The molecule has 100 valence electrons. The van der Waals surface area contributed by atoms with Gasteiger partial charge in [-0.1, -0.05) is 0 Å². The van der Waals surface area contributed by atoms with Gasteiger partial charge in [-0.05, 0) is 55.6 Å². The van der Waals surface area contributed by atoms with Crippen molar-refractivity contribution in [1.29, 1.82) is 0 Å². The summed E-state index contributed by atoms with van der Waals surface area (Å²) in [5.41, 5.74) is 3.69. The SMILES string of the molecule is Cc1cnc2c(c1)nc(CCl)n2CC1(C2CC2)CC1. The van der Waals surface area contributed by atoms with Gasteiger partial charge in [-0.25, -0.2) is 9.97 Å². The van der Waals surface area contributed by atoms with Crippen molar-refractivity contribution < 1.29 is 0 Å². The monoisotopic (exact) mass is 275 g/mol. The van der Waals surface area contributed by atoms with Crippen molar-refractivity contribution in [3.63, 3.8) is 0 Å². The lowest BCUT2D eigenvalue weighted by atomic mass is 10.0. The molecule has 2 fully saturated rings. The van der Waals surface area contributed by atoms with E-state index in [1.807, 2.05) is 6.20 Å². The van der Waals surface area contributed by atoms with Crippen LogP contribution in [0.3, 0.4) is 0 Å². The van der Waals surface area contributed by atoms with Gasteiger partial charge in [0.1, 0.15) is 11.3 Å². The van der Waals surface area contributed by atoms with Gasteiger partial charge in [0.2, 0.25) is 0 Å². The number of pyridine rings is 1. The van der Waals surface area contributed by atoms with Crippen LogP contribution < -0.4 is 0 Å². The van der Waals surface area contributed by atoms with Crippen molar-refractivity contribution in [3.05, 3.63) is 23.7 Å². The molecule has 19 heavy (non-hydrogen) atoms. The van der Waals surface area contributed by atoms with E-state index in [-0.39, 0.29) is 0 Å². The summed E-state index contributed by atoms with van der Waals surface area (Å²) < 4.78 is 2.27. The first-order valence-electron chi connectivity index (χ1n) is 7.10. The second kappa shape index (κ2) is 3.95. The highest BCUT2D eigenvalue weighted by Gasteiger charge is 2.54. The molecule has 4 heteroatoms. The summed E-state index contributed by atoms with van der Waals surface area (Å²) in [4.78, 5) is 9.24. The number of aryl methyl sites for hydroxylation is 1. The minimum absolute atomic E-state index is 0.468. The van der Waals surface area contributed by atoms with Crippen LogP contribution in [-0.2, 0) is 12.4 Å². The summed E-state index contributed by atoms with van der Waals surface area (Å²) in [5, 5.41) is 0. The molecule has 0 saturated heterocycles. The van der Waals surface area contributed by atoms with E-state index in [0.717, 1.165) is 35.0 Å². The summed E-state index contributed by atoms with van der Waals surface area (Å²) in [6, 6.07) is 2.10. The van der Waals surface area contributed by atoms with E-state index < -0.39 is 0 Å². The Morgan fingerprint density at radius 2 is 2.21 bits per heavy atom. The minimum atomic E-state index is 0.468. The molecule has 0 unspecified atom stereocenters. The van der Waals surface area contributed by atoms with E-state index in [2.05, 4.69) is 27.5 Å². The fourth-order valence-electron chi connectivity index (χ4n) is 3.29. The highest BCUT2D eigenvalue weighted by molar-refractivity contribution is 6.16. The van der Waals surface area contributed by atoms with Gasteiger partial charge in [-0.15, -0.1) is 11.6 Å². The van der Waals surface area contributed by atoms with E-state index in [1.54, 1.807) is 0 Å². The van der Waals surface area contributed by atoms with Crippen LogP contribution in [0.25, 0.3) is 11.2 Å². The molecule has 4 rings (SSSR count). The Morgan fingerprint density at radius 3 is 2.84 bits per heavy atom. The molecule has 0 N–H and O–H groups in total. The number of alkyl halides is 1. The molecule has 0 aromatic carbocycles. The van der Waals surface area contributed by atoms with Gasteiger partial charge in [0, 0.05) is 12.7 Å². The van der Waals surface area contributed by atoms with E-state index in [9.17, 15) is 0 Å². The Morgan fingerprint density at radius 1 is 1.42 bits per heavy atom. The highest BCUT2D eigenvalue weighted by Crippen LogP contribution is 2.62. The largest absolute Gasteiger partial charge is 0.311 e. The van der Waals surface area contributed by atoms with Crippen molar-refractivity contribution in [2.24, 2.45) is 11.3 Å². The number of hydrogen-bond donors (Lipinski definition) is 0. The number of halogens is 1. The van der Waals surface area contributed by atoms with Crippen molar-refractivity contribution in [3.8, 4) is 0 Å². The maximum atomic E-state index is 6.08. The Balaban J connectivity index is 1.78. The third-order valence-corrected chi connectivity index (χ3v) is 4.97. The third kappa shape index (κ3) is 1.86. The molecule has 2 heterocycles. The molecule has 0 bridgehead atoms. The molecule has 0 radical (unpaired) electrons. The summed E-state index contributed by atoms with van der Waals surface area (Å²) >= 11 is 6.08. The predicted molar refractivity (Wildman–Crippen MR) is 76.2 cm³/mol. The summed E-state index contributed by atoms with van der Waals surface area (Å²) in [7, 11) is 0. The molecule has 2 aliphatic carbocycles. The first kappa shape index (κ1) is 11.7. The van der Waals surface area contributed by atoms with Crippen molar-refractivity contribution in [2.75, 3.05) is 0 Å². The molecule has 2 aromatic heterocycles. The Kier molecular flexibility index (Phi) is 2.44. The van der Waals surface area contributed by atoms with Crippen LogP contribution in [0.5, 0.6) is 0 Å². The lowest BCUT2D eigenvalue weighted by Gasteiger charge is -2.16. The molecular formula is C15H18ClN3. The van der Waals surface area contributed by atoms with Gasteiger partial charge >= 0.3 is 0 Å². The van der Waals surface area contributed by atoms with Gasteiger partial charge in [0.15, 0.2) is 5.65 Å². The lowest BCUT2D eigenvalue weighted by molar-refractivity contribution is 0.370. The van der Waals surface area contributed by atoms with Gasteiger partial charge in [0.25, 0.3) is 0 Å². The average Bonchev–Trinajstić information content (AvgIpc) is 3.27. The van der Waals surface area contributed by atoms with Crippen LogP contribution in [0, 0.1) is 18.3 Å². The van der Waals surface area contributed by atoms with Crippen LogP contribution in [-0.4, -0.2) is 14.5 Å². The quantitative estimate of drug-likeness (QED) is 0.797. The fraction of sp³-hybridized carbons (Fsp3) is 0.600. The molecule has 0 spiro atoms.